The van der Waals surface area contributed by atoms with Gasteiger partial charge in [-0.1, -0.05) is 0 Å². The fourth-order valence-corrected chi connectivity index (χ4v) is 1.74. The molecule has 0 bridgehead atoms. The van der Waals surface area contributed by atoms with Crippen molar-refractivity contribution >= 4 is 0 Å². The molecule has 0 radical (unpaired) electrons. The first-order chi connectivity index (χ1) is 6.89. The largest absolute Gasteiger partial charge is 0.387 e. The molecule has 1 saturated heterocycles. The molecule has 1 aromatic rings. The summed E-state index contributed by atoms with van der Waals surface area (Å²) in [5.74, 6) is 0. The van der Waals surface area contributed by atoms with Crippen molar-refractivity contribution in [3.8, 4) is 0 Å². The van der Waals surface area contributed by atoms with Gasteiger partial charge in [-0.2, -0.15) is 5.10 Å². The van der Waals surface area contributed by atoms with Gasteiger partial charge in [0.15, 0.2) is 0 Å². The van der Waals surface area contributed by atoms with Gasteiger partial charge in [0.05, 0.1) is 17.3 Å². The van der Waals surface area contributed by atoms with Crippen LogP contribution in [-0.4, -0.2) is 33.6 Å². The molecule has 0 atom stereocenters. The van der Waals surface area contributed by atoms with E-state index in [9.17, 15) is 5.11 Å². The summed E-state index contributed by atoms with van der Waals surface area (Å²) in [6, 6.07) is 0. The predicted molar refractivity (Wildman–Crippen MR) is 58.7 cm³/mol. The van der Waals surface area contributed by atoms with Crippen LogP contribution in [0.4, 0.5) is 0 Å². The van der Waals surface area contributed by atoms with Crippen LogP contribution in [0, 0.1) is 0 Å². The second-order valence-corrected chi connectivity index (χ2v) is 5.47. The molecule has 15 heavy (non-hydrogen) atoms. The number of aliphatic hydroxyl groups is 1. The SMILES string of the molecule is CC(C)(C)n1cc(CC2(O)CNC2)cn1. The van der Waals surface area contributed by atoms with E-state index in [4.69, 9.17) is 0 Å². The van der Waals surface area contributed by atoms with E-state index >= 15 is 0 Å². The molecular formula is C11H19N3O. The summed E-state index contributed by atoms with van der Waals surface area (Å²) < 4.78 is 1.94. The Morgan fingerprint density at radius 1 is 1.53 bits per heavy atom. The Balaban J connectivity index is 2.07. The normalized spacial score (nSPS) is 20.0. The Hall–Kier alpha value is -0.870. The topological polar surface area (TPSA) is 50.1 Å². The number of nitrogens with zero attached hydrogens (tertiary/aromatic N) is 2. The van der Waals surface area contributed by atoms with Crippen molar-refractivity contribution < 1.29 is 5.11 Å². The van der Waals surface area contributed by atoms with Crippen molar-refractivity contribution in [1.29, 1.82) is 0 Å². The lowest BCUT2D eigenvalue weighted by molar-refractivity contribution is -0.00905. The first kappa shape index (κ1) is 10.6. The predicted octanol–water partition coefficient (Wildman–Crippen LogP) is 0.515. The summed E-state index contributed by atoms with van der Waals surface area (Å²) >= 11 is 0. The molecule has 0 saturated carbocycles. The van der Waals surface area contributed by atoms with Gasteiger partial charge in [-0.15, -0.1) is 0 Å². The van der Waals surface area contributed by atoms with Gasteiger partial charge >= 0.3 is 0 Å². The quantitative estimate of drug-likeness (QED) is 0.746. The Kier molecular flexibility index (Phi) is 2.35. The van der Waals surface area contributed by atoms with Crippen molar-refractivity contribution in [3.05, 3.63) is 18.0 Å². The van der Waals surface area contributed by atoms with E-state index in [0.717, 1.165) is 5.56 Å². The number of hydrogen-bond acceptors (Lipinski definition) is 3. The van der Waals surface area contributed by atoms with Crippen molar-refractivity contribution in [1.82, 2.24) is 15.1 Å². The van der Waals surface area contributed by atoms with Gasteiger partial charge in [0, 0.05) is 25.7 Å². The van der Waals surface area contributed by atoms with Crippen molar-refractivity contribution in [2.45, 2.75) is 38.3 Å². The van der Waals surface area contributed by atoms with Gasteiger partial charge in [-0.25, -0.2) is 0 Å². The van der Waals surface area contributed by atoms with Crippen molar-refractivity contribution in [2.24, 2.45) is 0 Å². The third-order valence-electron chi connectivity index (χ3n) is 2.76. The lowest BCUT2D eigenvalue weighted by Crippen LogP contribution is -2.60. The highest BCUT2D eigenvalue weighted by Gasteiger charge is 2.34. The average molecular weight is 209 g/mol. The second kappa shape index (κ2) is 3.32. The summed E-state index contributed by atoms with van der Waals surface area (Å²) in [6.07, 6.45) is 4.56. The molecule has 2 heterocycles. The molecule has 1 aliphatic heterocycles. The molecule has 2 rings (SSSR count). The molecule has 84 valence electrons. The molecule has 0 spiro atoms. The van der Waals surface area contributed by atoms with E-state index in [1.54, 1.807) is 0 Å². The number of β-amino-alcohol motifs (C(OH)–C–C–N with tert-alkyl or cyclic N) is 1. The van der Waals surface area contributed by atoms with Crippen molar-refractivity contribution in [2.75, 3.05) is 13.1 Å². The number of rotatable bonds is 2. The lowest BCUT2D eigenvalue weighted by atomic mass is 9.90. The van der Waals surface area contributed by atoms with Gasteiger partial charge in [0.2, 0.25) is 0 Å². The second-order valence-electron chi connectivity index (χ2n) is 5.47. The summed E-state index contributed by atoms with van der Waals surface area (Å²) in [5.41, 5.74) is 0.568. The third kappa shape index (κ3) is 2.21. The maximum atomic E-state index is 9.98. The molecule has 0 aromatic carbocycles. The zero-order chi connectivity index (χ0) is 11.1. The van der Waals surface area contributed by atoms with Crippen LogP contribution in [0.3, 0.4) is 0 Å². The molecule has 1 aliphatic rings. The minimum atomic E-state index is -0.550. The first-order valence-electron chi connectivity index (χ1n) is 5.36. The Morgan fingerprint density at radius 3 is 2.60 bits per heavy atom. The molecule has 0 aliphatic carbocycles. The standard InChI is InChI=1S/C11H19N3O/c1-10(2,3)14-6-9(5-13-14)4-11(15)7-12-8-11/h5-6,12,15H,4,7-8H2,1-3H3. The fraction of sp³-hybridized carbons (Fsp3) is 0.727. The van der Waals surface area contributed by atoms with Gasteiger partial charge < -0.3 is 10.4 Å². The zero-order valence-corrected chi connectivity index (χ0v) is 9.62. The van der Waals surface area contributed by atoms with E-state index in [0.29, 0.717) is 19.5 Å². The highest BCUT2D eigenvalue weighted by atomic mass is 16.3. The van der Waals surface area contributed by atoms with Crippen LogP contribution in [0.15, 0.2) is 12.4 Å². The molecule has 4 nitrogen and oxygen atoms in total. The van der Waals surface area contributed by atoms with E-state index in [1.807, 2.05) is 17.1 Å². The molecule has 2 N–H and O–H groups in total. The maximum absolute atomic E-state index is 9.98. The minimum Gasteiger partial charge on any atom is -0.387 e. The lowest BCUT2D eigenvalue weighted by Gasteiger charge is -2.37. The molecule has 4 heteroatoms. The number of hydrogen-bond donors (Lipinski definition) is 2. The van der Waals surface area contributed by atoms with Crippen LogP contribution in [-0.2, 0) is 12.0 Å². The zero-order valence-electron chi connectivity index (χ0n) is 9.62. The van der Waals surface area contributed by atoms with Crippen molar-refractivity contribution in [3.63, 3.8) is 0 Å². The molecule has 0 amide bonds. The monoisotopic (exact) mass is 209 g/mol. The van der Waals surface area contributed by atoms with Crippen LogP contribution >= 0.6 is 0 Å². The Bertz CT molecular complexity index is 347. The highest BCUT2D eigenvalue weighted by Crippen LogP contribution is 2.19. The molecule has 1 aromatic heterocycles. The molecule has 0 unspecified atom stereocenters. The summed E-state index contributed by atoms with van der Waals surface area (Å²) in [4.78, 5) is 0. The van der Waals surface area contributed by atoms with Crippen LogP contribution in [0.1, 0.15) is 26.3 Å². The van der Waals surface area contributed by atoms with Crippen LogP contribution in [0.25, 0.3) is 0 Å². The number of aromatic nitrogens is 2. The Morgan fingerprint density at radius 2 is 2.20 bits per heavy atom. The highest BCUT2D eigenvalue weighted by molar-refractivity contribution is 5.12. The smallest absolute Gasteiger partial charge is 0.0936 e. The van der Waals surface area contributed by atoms with E-state index in [-0.39, 0.29) is 5.54 Å². The minimum absolute atomic E-state index is 0.0126. The van der Waals surface area contributed by atoms with Crippen LogP contribution < -0.4 is 5.32 Å². The summed E-state index contributed by atoms with van der Waals surface area (Å²) in [7, 11) is 0. The molecule has 1 fully saturated rings. The van der Waals surface area contributed by atoms with E-state index in [2.05, 4.69) is 31.2 Å². The first-order valence-corrected chi connectivity index (χ1v) is 5.36. The van der Waals surface area contributed by atoms with Gasteiger partial charge in [-0.05, 0) is 26.3 Å². The van der Waals surface area contributed by atoms with Crippen LogP contribution in [0.2, 0.25) is 0 Å². The number of nitrogens with one attached hydrogen (secondary N) is 1. The van der Waals surface area contributed by atoms with E-state index < -0.39 is 5.60 Å². The summed E-state index contributed by atoms with van der Waals surface area (Å²) in [5, 5.41) is 17.4. The maximum Gasteiger partial charge on any atom is 0.0936 e. The average Bonchev–Trinajstić information content (AvgIpc) is 2.49. The van der Waals surface area contributed by atoms with E-state index in [1.165, 1.54) is 0 Å². The van der Waals surface area contributed by atoms with Crippen LogP contribution in [0.5, 0.6) is 0 Å². The Labute approximate surface area is 90.3 Å². The van der Waals surface area contributed by atoms with Gasteiger partial charge in [0.25, 0.3) is 0 Å². The summed E-state index contributed by atoms with van der Waals surface area (Å²) in [6.45, 7) is 7.72. The molecular weight excluding hydrogens is 190 g/mol. The third-order valence-corrected chi connectivity index (χ3v) is 2.76. The van der Waals surface area contributed by atoms with Gasteiger partial charge in [-0.3, -0.25) is 4.68 Å². The fourth-order valence-electron chi connectivity index (χ4n) is 1.74. The van der Waals surface area contributed by atoms with Gasteiger partial charge in [0.1, 0.15) is 0 Å².